The Hall–Kier alpha value is -3.35. The Labute approximate surface area is 143 Å². The first kappa shape index (κ1) is 16.5. The predicted molar refractivity (Wildman–Crippen MR) is 90.7 cm³/mol. The lowest BCUT2D eigenvalue weighted by atomic mass is 10.1. The Morgan fingerprint density at radius 2 is 2.08 bits per heavy atom. The highest BCUT2D eigenvalue weighted by molar-refractivity contribution is 6.02. The third kappa shape index (κ3) is 3.45. The summed E-state index contributed by atoms with van der Waals surface area (Å²) >= 11 is 0. The van der Waals surface area contributed by atoms with Crippen molar-refractivity contribution in [3.05, 3.63) is 54.0 Å². The lowest BCUT2D eigenvalue weighted by Gasteiger charge is -2.08. The van der Waals surface area contributed by atoms with E-state index in [2.05, 4.69) is 10.3 Å². The van der Waals surface area contributed by atoms with Crippen LogP contribution in [0, 0.1) is 0 Å². The molecule has 0 saturated heterocycles. The van der Waals surface area contributed by atoms with Crippen molar-refractivity contribution in [3.8, 4) is 5.75 Å². The summed E-state index contributed by atoms with van der Waals surface area (Å²) in [6.45, 7) is 0. The molecule has 3 aromatic rings. The minimum Gasteiger partial charge on any atom is -0.497 e. The summed E-state index contributed by atoms with van der Waals surface area (Å²) in [6, 6.07) is 6.88. The Kier molecular flexibility index (Phi) is 4.65. The maximum absolute atomic E-state index is 12.4. The number of fused-ring (bicyclic) bond motifs is 1. The van der Waals surface area contributed by atoms with E-state index in [1.807, 2.05) is 6.07 Å². The molecule has 0 saturated carbocycles. The molecule has 0 aliphatic rings. The second-order valence-corrected chi connectivity index (χ2v) is 5.26. The zero-order valence-electron chi connectivity index (χ0n) is 13.7. The van der Waals surface area contributed by atoms with E-state index < -0.39 is 5.97 Å². The molecular weight excluding hydrogens is 324 g/mol. The largest absolute Gasteiger partial charge is 0.497 e. The van der Waals surface area contributed by atoms with Crippen LogP contribution in [0.25, 0.3) is 11.0 Å². The highest BCUT2D eigenvalue weighted by Crippen LogP contribution is 2.26. The summed E-state index contributed by atoms with van der Waals surface area (Å²) in [5.41, 5.74) is 1.92. The van der Waals surface area contributed by atoms with E-state index >= 15 is 0 Å². The Morgan fingerprint density at radius 1 is 1.24 bits per heavy atom. The number of carbonyl (C=O) groups excluding carboxylic acids is 2. The number of benzene rings is 1. The molecule has 0 spiro atoms. The summed E-state index contributed by atoms with van der Waals surface area (Å²) in [6.07, 6.45) is 4.49. The van der Waals surface area contributed by atoms with Crippen molar-refractivity contribution in [2.45, 2.75) is 6.42 Å². The van der Waals surface area contributed by atoms with E-state index in [0.717, 1.165) is 10.9 Å². The van der Waals surface area contributed by atoms with Gasteiger partial charge in [-0.1, -0.05) is 0 Å². The number of carbonyl (C=O) groups is 2. The molecule has 25 heavy (non-hydrogen) atoms. The Morgan fingerprint density at radius 3 is 2.84 bits per heavy atom. The topological polar surface area (TPSA) is 90.7 Å². The molecule has 2 aromatic heterocycles. The number of nitrogens with zero attached hydrogens (tertiary/aromatic N) is 1. The second-order valence-electron chi connectivity index (χ2n) is 5.26. The smallest absolute Gasteiger partial charge is 0.340 e. The normalized spacial score (nSPS) is 10.5. The maximum atomic E-state index is 12.4. The summed E-state index contributed by atoms with van der Waals surface area (Å²) in [5, 5.41) is 3.51. The molecule has 0 aliphatic heterocycles. The summed E-state index contributed by atoms with van der Waals surface area (Å²) < 4.78 is 15.3. The van der Waals surface area contributed by atoms with Gasteiger partial charge in [0.1, 0.15) is 11.3 Å². The van der Waals surface area contributed by atoms with E-state index in [-0.39, 0.29) is 17.9 Å². The van der Waals surface area contributed by atoms with Gasteiger partial charge in [-0.15, -0.1) is 0 Å². The molecule has 0 fully saturated rings. The number of nitrogens with one attached hydrogen (secondary N) is 1. The van der Waals surface area contributed by atoms with E-state index in [1.54, 1.807) is 19.2 Å². The van der Waals surface area contributed by atoms with E-state index in [4.69, 9.17) is 13.9 Å². The van der Waals surface area contributed by atoms with E-state index in [9.17, 15) is 9.59 Å². The van der Waals surface area contributed by atoms with Gasteiger partial charge in [0.25, 0.3) is 0 Å². The molecule has 0 atom stereocenters. The van der Waals surface area contributed by atoms with Crippen molar-refractivity contribution < 1.29 is 23.5 Å². The van der Waals surface area contributed by atoms with Crippen molar-refractivity contribution >= 4 is 28.5 Å². The highest BCUT2D eigenvalue weighted by Gasteiger charge is 2.16. The van der Waals surface area contributed by atoms with Crippen LogP contribution in [0.4, 0.5) is 5.69 Å². The molecule has 128 valence electrons. The number of aromatic nitrogens is 1. The van der Waals surface area contributed by atoms with Gasteiger partial charge in [-0.2, -0.15) is 0 Å². The molecular formula is C18H16N2O5. The van der Waals surface area contributed by atoms with Crippen LogP contribution >= 0.6 is 0 Å². The molecule has 0 unspecified atom stereocenters. The number of rotatable bonds is 5. The lowest BCUT2D eigenvalue weighted by molar-refractivity contribution is -0.115. The van der Waals surface area contributed by atoms with Gasteiger partial charge in [-0.05, 0) is 18.2 Å². The second kappa shape index (κ2) is 7.04. The molecule has 0 aliphatic carbocycles. The number of anilines is 1. The van der Waals surface area contributed by atoms with Crippen LogP contribution in [0.3, 0.4) is 0 Å². The monoisotopic (exact) mass is 340 g/mol. The molecule has 1 aromatic carbocycles. The van der Waals surface area contributed by atoms with E-state index in [0.29, 0.717) is 17.0 Å². The number of ether oxygens (including phenoxy) is 2. The average molecular weight is 340 g/mol. The van der Waals surface area contributed by atoms with Gasteiger partial charge >= 0.3 is 5.97 Å². The van der Waals surface area contributed by atoms with Gasteiger partial charge in [0.05, 0.1) is 44.4 Å². The Balaban J connectivity index is 1.79. The van der Waals surface area contributed by atoms with Gasteiger partial charge in [-0.25, -0.2) is 4.79 Å². The fourth-order valence-corrected chi connectivity index (χ4v) is 2.48. The van der Waals surface area contributed by atoms with Gasteiger partial charge in [0, 0.05) is 23.2 Å². The molecule has 7 nitrogen and oxygen atoms in total. The van der Waals surface area contributed by atoms with Crippen LogP contribution in [0.1, 0.15) is 15.9 Å². The quantitative estimate of drug-likeness (QED) is 0.718. The molecule has 0 bridgehead atoms. The number of esters is 1. The fourth-order valence-electron chi connectivity index (χ4n) is 2.48. The summed E-state index contributed by atoms with van der Waals surface area (Å²) in [7, 11) is 2.85. The number of methoxy groups -OCH3 is 2. The first-order valence-electron chi connectivity index (χ1n) is 7.48. The van der Waals surface area contributed by atoms with Gasteiger partial charge in [-0.3, -0.25) is 9.78 Å². The molecule has 2 heterocycles. The van der Waals surface area contributed by atoms with Crippen LogP contribution < -0.4 is 10.1 Å². The minimum absolute atomic E-state index is 0.0921. The number of amides is 1. The molecule has 1 N–H and O–H groups in total. The lowest BCUT2D eigenvalue weighted by Crippen LogP contribution is -2.17. The predicted octanol–water partition coefficient (Wildman–Crippen LogP) is 2.80. The number of hydrogen-bond donors (Lipinski definition) is 1. The van der Waals surface area contributed by atoms with Crippen LogP contribution in [-0.2, 0) is 16.0 Å². The number of hydrogen-bond acceptors (Lipinski definition) is 6. The van der Waals surface area contributed by atoms with Gasteiger partial charge in [0.15, 0.2) is 0 Å². The van der Waals surface area contributed by atoms with Gasteiger partial charge < -0.3 is 19.2 Å². The van der Waals surface area contributed by atoms with E-state index in [1.165, 1.54) is 31.8 Å². The Bertz CT molecular complexity index is 932. The van der Waals surface area contributed by atoms with Crippen LogP contribution in [0.15, 0.2) is 47.3 Å². The number of pyridine rings is 1. The van der Waals surface area contributed by atoms with Crippen molar-refractivity contribution in [1.29, 1.82) is 0 Å². The first-order valence-corrected chi connectivity index (χ1v) is 7.48. The SMILES string of the molecule is COC(=O)c1ccncc1NC(=O)Cc1coc2cc(OC)ccc12. The standard InChI is InChI=1S/C18H16N2O5/c1-23-12-3-4-13-11(10-25-16(13)8-12)7-17(21)20-15-9-19-6-5-14(15)18(22)24-2/h3-6,8-10H,7H2,1-2H3,(H,20,21). The van der Waals surface area contributed by atoms with Crippen LogP contribution in [-0.4, -0.2) is 31.1 Å². The molecule has 7 heteroatoms. The molecule has 3 rings (SSSR count). The van der Waals surface area contributed by atoms with Crippen LogP contribution in [0.5, 0.6) is 5.75 Å². The number of furan rings is 1. The zero-order chi connectivity index (χ0) is 17.8. The zero-order valence-corrected chi connectivity index (χ0v) is 13.7. The highest BCUT2D eigenvalue weighted by atomic mass is 16.5. The average Bonchev–Trinajstić information content (AvgIpc) is 3.03. The third-order valence-electron chi connectivity index (χ3n) is 3.71. The van der Waals surface area contributed by atoms with Crippen LogP contribution in [0.2, 0.25) is 0 Å². The molecule has 1 amide bonds. The van der Waals surface area contributed by atoms with Crippen molar-refractivity contribution in [3.63, 3.8) is 0 Å². The van der Waals surface area contributed by atoms with Crippen molar-refractivity contribution in [1.82, 2.24) is 4.98 Å². The van der Waals surface area contributed by atoms with Crippen molar-refractivity contribution in [2.75, 3.05) is 19.5 Å². The molecule has 0 radical (unpaired) electrons. The summed E-state index contributed by atoms with van der Waals surface area (Å²) in [5.74, 6) is -0.161. The maximum Gasteiger partial charge on any atom is 0.340 e. The minimum atomic E-state index is -0.543. The summed E-state index contributed by atoms with van der Waals surface area (Å²) in [4.78, 5) is 28.0. The van der Waals surface area contributed by atoms with Gasteiger partial charge in [0.2, 0.25) is 5.91 Å². The fraction of sp³-hybridized carbons (Fsp3) is 0.167. The first-order chi connectivity index (χ1) is 12.1. The van der Waals surface area contributed by atoms with Crippen molar-refractivity contribution in [2.24, 2.45) is 0 Å². The third-order valence-corrected chi connectivity index (χ3v) is 3.71.